The van der Waals surface area contributed by atoms with Gasteiger partial charge in [0.25, 0.3) is 0 Å². The van der Waals surface area contributed by atoms with E-state index in [1.165, 1.54) is 10.9 Å². The summed E-state index contributed by atoms with van der Waals surface area (Å²) in [6.45, 7) is 2.22. The van der Waals surface area contributed by atoms with E-state index in [1.54, 1.807) is 0 Å². The molecule has 1 fully saturated rings. The predicted molar refractivity (Wildman–Crippen MR) is 131 cm³/mol. The Bertz CT molecular complexity index is 1260. The van der Waals surface area contributed by atoms with E-state index in [1.807, 2.05) is 36.4 Å². The quantitative estimate of drug-likeness (QED) is 0.267. The van der Waals surface area contributed by atoms with Crippen LogP contribution in [-0.2, 0) is 10.2 Å². The summed E-state index contributed by atoms with van der Waals surface area (Å²) in [4.78, 5) is 13.1. The summed E-state index contributed by atoms with van der Waals surface area (Å²) in [7, 11) is 0. The monoisotopic (exact) mass is 476 g/mol. The molecule has 0 saturated carbocycles. The molecule has 2 aromatic heterocycles. The van der Waals surface area contributed by atoms with Gasteiger partial charge in [0.2, 0.25) is 5.95 Å². The number of rotatable bonds is 7. The number of imidazole rings is 1. The highest BCUT2D eigenvalue weighted by Gasteiger charge is 2.44. The number of aromatic nitrogens is 4. The summed E-state index contributed by atoms with van der Waals surface area (Å²) in [5.74, 6) is 0.464. The number of hydrogen-bond acceptors (Lipinski definition) is 9. The van der Waals surface area contributed by atoms with Crippen LogP contribution in [0, 0.1) is 0 Å². The van der Waals surface area contributed by atoms with Crippen molar-refractivity contribution < 1.29 is 20.1 Å². The third-order valence-electron chi connectivity index (χ3n) is 6.66. The summed E-state index contributed by atoms with van der Waals surface area (Å²) in [5.41, 5.74) is 8.70. The standard InChI is InChI=1S/C25H28N6O4/c1-25(15-8-4-2-5-9-15,16-10-6-3-7-11-16)13-27-21-18-22(30-24(26)29-21)31(14-28-18)23-20(34)19(33)17(12-32)35-23/h2-11,14,17,19-20,23,32-34H,12-13H2,1H3,(H3,26,27,29,30)/t17-,19-,20-,23-/m1/s1. The van der Waals surface area contributed by atoms with Gasteiger partial charge in [-0.25, -0.2) is 4.98 Å². The number of nitrogens with two attached hydrogens (primary N) is 1. The van der Waals surface area contributed by atoms with Crippen LogP contribution in [0.1, 0.15) is 24.3 Å². The lowest BCUT2D eigenvalue weighted by Crippen LogP contribution is -2.33. The molecular formula is C25H28N6O4. The lowest BCUT2D eigenvalue weighted by atomic mass is 9.76. The van der Waals surface area contributed by atoms with Crippen LogP contribution in [0.4, 0.5) is 11.8 Å². The van der Waals surface area contributed by atoms with Gasteiger partial charge in [0.05, 0.1) is 12.9 Å². The van der Waals surface area contributed by atoms with Gasteiger partial charge in [-0.15, -0.1) is 0 Å². The Labute approximate surface area is 202 Å². The van der Waals surface area contributed by atoms with Crippen molar-refractivity contribution in [1.82, 2.24) is 19.5 Å². The SMILES string of the molecule is CC(CNc1nc(N)nc2c1ncn2[C@@H]1O[C@H](CO)[C@@H](O)[C@H]1O)(c1ccccc1)c1ccccc1. The molecule has 182 valence electrons. The Hall–Kier alpha value is -3.57. The lowest BCUT2D eigenvalue weighted by Gasteiger charge is -2.31. The fourth-order valence-corrected chi connectivity index (χ4v) is 4.60. The number of hydrogen-bond donors (Lipinski definition) is 5. The van der Waals surface area contributed by atoms with Crippen LogP contribution in [0.25, 0.3) is 11.2 Å². The molecule has 0 spiro atoms. The molecular weight excluding hydrogens is 448 g/mol. The highest BCUT2D eigenvalue weighted by Crippen LogP contribution is 2.35. The minimum Gasteiger partial charge on any atom is -0.394 e. The number of fused-ring (bicyclic) bond motifs is 1. The first kappa shape index (κ1) is 23.2. The van der Waals surface area contributed by atoms with Crippen molar-refractivity contribution in [3.63, 3.8) is 0 Å². The van der Waals surface area contributed by atoms with Crippen molar-refractivity contribution in [2.45, 2.75) is 36.9 Å². The van der Waals surface area contributed by atoms with Gasteiger partial charge in [-0.05, 0) is 18.1 Å². The second-order valence-electron chi connectivity index (χ2n) is 8.90. The van der Waals surface area contributed by atoms with E-state index in [-0.39, 0.29) is 11.4 Å². The van der Waals surface area contributed by atoms with E-state index in [2.05, 4.69) is 51.5 Å². The molecule has 1 aliphatic rings. The van der Waals surface area contributed by atoms with E-state index >= 15 is 0 Å². The maximum Gasteiger partial charge on any atom is 0.224 e. The van der Waals surface area contributed by atoms with Crippen molar-refractivity contribution in [3.05, 3.63) is 78.1 Å². The maximum atomic E-state index is 10.5. The number of nitrogens with one attached hydrogen (secondary N) is 1. The third-order valence-corrected chi connectivity index (χ3v) is 6.66. The topological polar surface area (TPSA) is 152 Å². The number of nitrogen functional groups attached to an aromatic ring is 1. The number of nitrogens with zero attached hydrogens (tertiary/aromatic N) is 4. The minimum absolute atomic E-state index is 0.0228. The first-order valence-electron chi connectivity index (χ1n) is 11.4. The number of aliphatic hydroxyl groups is 3. The van der Waals surface area contributed by atoms with E-state index < -0.39 is 31.1 Å². The first-order chi connectivity index (χ1) is 16.9. The molecule has 0 aliphatic carbocycles. The van der Waals surface area contributed by atoms with E-state index in [0.717, 1.165) is 11.1 Å². The van der Waals surface area contributed by atoms with E-state index in [4.69, 9.17) is 10.5 Å². The molecule has 5 rings (SSSR count). The molecule has 0 amide bonds. The highest BCUT2D eigenvalue weighted by atomic mass is 16.6. The van der Waals surface area contributed by atoms with Gasteiger partial charge in [0, 0.05) is 12.0 Å². The van der Waals surface area contributed by atoms with Crippen LogP contribution in [0.3, 0.4) is 0 Å². The van der Waals surface area contributed by atoms with Crippen LogP contribution >= 0.6 is 0 Å². The molecule has 2 aromatic carbocycles. The van der Waals surface area contributed by atoms with Gasteiger partial charge in [-0.3, -0.25) is 4.57 Å². The van der Waals surface area contributed by atoms with Gasteiger partial charge >= 0.3 is 0 Å². The Morgan fingerprint density at radius 2 is 1.63 bits per heavy atom. The van der Waals surface area contributed by atoms with Crippen LogP contribution in [-0.4, -0.2) is 66.3 Å². The first-order valence-corrected chi connectivity index (χ1v) is 11.4. The average Bonchev–Trinajstić information content (AvgIpc) is 3.43. The zero-order valence-corrected chi connectivity index (χ0v) is 19.2. The molecule has 4 aromatic rings. The maximum absolute atomic E-state index is 10.5. The smallest absolute Gasteiger partial charge is 0.224 e. The zero-order valence-electron chi connectivity index (χ0n) is 19.2. The van der Waals surface area contributed by atoms with Gasteiger partial charge in [0.1, 0.15) is 18.3 Å². The van der Waals surface area contributed by atoms with E-state index in [0.29, 0.717) is 23.5 Å². The molecule has 0 bridgehead atoms. The van der Waals surface area contributed by atoms with Crippen molar-refractivity contribution in [3.8, 4) is 0 Å². The van der Waals surface area contributed by atoms with Crippen molar-refractivity contribution in [2.75, 3.05) is 24.2 Å². The molecule has 10 heteroatoms. The second kappa shape index (κ2) is 9.23. The van der Waals surface area contributed by atoms with Crippen molar-refractivity contribution in [2.24, 2.45) is 0 Å². The van der Waals surface area contributed by atoms with Crippen LogP contribution in [0.2, 0.25) is 0 Å². The average molecular weight is 477 g/mol. The third kappa shape index (κ3) is 4.10. The number of anilines is 2. The number of ether oxygens (including phenoxy) is 1. The fourth-order valence-electron chi connectivity index (χ4n) is 4.60. The number of aliphatic hydroxyl groups excluding tert-OH is 3. The molecule has 1 aliphatic heterocycles. The zero-order chi connectivity index (χ0) is 24.6. The molecule has 0 radical (unpaired) electrons. The van der Waals surface area contributed by atoms with Gasteiger partial charge in [0.15, 0.2) is 23.2 Å². The van der Waals surface area contributed by atoms with Crippen LogP contribution < -0.4 is 11.1 Å². The van der Waals surface area contributed by atoms with Gasteiger partial charge < -0.3 is 31.1 Å². The Morgan fingerprint density at radius 3 is 2.20 bits per heavy atom. The molecule has 6 N–H and O–H groups in total. The highest BCUT2D eigenvalue weighted by molar-refractivity contribution is 5.84. The molecule has 35 heavy (non-hydrogen) atoms. The summed E-state index contributed by atoms with van der Waals surface area (Å²) in [5, 5.41) is 33.5. The van der Waals surface area contributed by atoms with Crippen LogP contribution in [0.5, 0.6) is 0 Å². The summed E-state index contributed by atoms with van der Waals surface area (Å²) >= 11 is 0. The lowest BCUT2D eigenvalue weighted by molar-refractivity contribution is -0.0511. The van der Waals surface area contributed by atoms with Gasteiger partial charge in [-0.1, -0.05) is 60.7 Å². The van der Waals surface area contributed by atoms with Gasteiger partial charge in [-0.2, -0.15) is 9.97 Å². The summed E-state index contributed by atoms with van der Waals surface area (Å²) in [6, 6.07) is 20.4. The Kier molecular flexibility index (Phi) is 6.12. The van der Waals surface area contributed by atoms with E-state index in [9.17, 15) is 15.3 Å². The molecule has 10 nitrogen and oxygen atoms in total. The second-order valence-corrected chi connectivity index (χ2v) is 8.90. The van der Waals surface area contributed by atoms with Crippen molar-refractivity contribution in [1.29, 1.82) is 0 Å². The minimum atomic E-state index is -1.27. The normalized spacial score (nSPS) is 22.5. The number of benzene rings is 2. The Morgan fingerprint density at radius 1 is 1.00 bits per heavy atom. The molecule has 0 unspecified atom stereocenters. The summed E-state index contributed by atoms with van der Waals surface area (Å²) in [6.07, 6.45) is -2.94. The largest absolute Gasteiger partial charge is 0.394 e. The van der Waals surface area contributed by atoms with Crippen molar-refractivity contribution >= 4 is 22.9 Å². The molecule has 1 saturated heterocycles. The Balaban J connectivity index is 1.50. The summed E-state index contributed by atoms with van der Waals surface area (Å²) < 4.78 is 7.14. The molecule has 4 atom stereocenters. The van der Waals surface area contributed by atoms with Crippen LogP contribution in [0.15, 0.2) is 67.0 Å². The predicted octanol–water partition coefficient (Wildman–Crippen LogP) is 1.44. The fraction of sp³-hybridized carbons (Fsp3) is 0.320. The molecule has 3 heterocycles.